The molecular formula is C17H28ClN3O4S. The minimum absolute atomic E-state index is 0. The second-order valence-electron chi connectivity index (χ2n) is 6.02. The van der Waals surface area contributed by atoms with Gasteiger partial charge in [0.25, 0.3) is 0 Å². The number of hydrogen-bond acceptors (Lipinski definition) is 5. The summed E-state index contributed by atoms with van der Waals surface area (Å²) in [6.07, 6.45) is 2.19. The standard InChI is InChI=1S/C17H27N3O4S.ClH/c1-3-24-15-6-8-16(9-7-15)25(22,23)19-11-10-17(21)20-12-4-5-14(13-20)18-2;/h6-9,14,18-19H,3-5,10-13H2,1-2H3;1H. The molecule has 0 aliphatic carbocycles. The molecular weight excluding hydrogens is 378 g/mol. The molecule has 1 unspecified atom stereocenters. The number of likely N-dealkylation sites (tertiary alicyclic amines) is 1. The molecule has 1 heterocycles. The highest BCUT2D eigenvalue weighted by molar-refractivity contribution is 7.89. The van der Waals surface area contributed by atoms with Crippen LogP contribution < -0.4 is 14.8 Å². The molecule has 1 aliphatic rings. The van der Waals surface area contributed by atoms with Gasteiger partial charge in [-0.1, -0.05) is 0 Å². The highest BCUT2D eigenvalue weighted by atomic mass is 35.5. The SMILES string of the molecule is CCOc1ccc(S(=O)(=O)NCCC(=O)N2CCCC(NC)C2)cc1.Cl. The fourth-order valence-electron chi connectivity index (χ4n) is 2.85. The van der Waals surface area contributed by atoms with E-state index in [0.29, 0.717) is 24.9 Å². The monoisotopic (exact) mass is 405 g/mol. The number of carbonyl (C=O) groups excluding carboxylic acids is 1. The van der Waals surface area contributed by atoms with Gasteiger partial charge < -0.3 is 15.0 Å². The number of sulfonamides is 1. The molecule has 9 heteroatoms. The lowest BCUT2D eigenvalue weighted by molar-refractivity contribution is -0.132. The van der Waals surface area contributed by atoms with Gasteiger partial charge in [0.05, 0.1) is 11.5 Å². The number of halogens is 1. The average Bonchev–Trinajstić information content (AvgIpc) is 2.62. The van der Waals surface area contributed by atoms with Gasteiger partial charge in [0, 0.05) is 32.1 Å². The number of nitrogens with zero attached hydrogens (tertiary/aromatic N) is 1. The number of ether oxygens (including phenoxy) is 1. The molecule has 0 aromatic heterocycles. The molecule has 1 fully saturated rings. The number of piperidine rings is 1. The molecule has 0 saturated carbocycles. The van der Waals surface area contributed by atoms with E-state index >= 15 is 0 Å². The molecule has 26 heavy (non-hydrogen) atoms. The molecule has 1 aromatic carbocycles. The Morgan fingerprint density at radius 3 is 2.62 bits per heavy atom. The van der Waals surface area contributed by atoms with Gasteiger partial charge in [0.2, 0.25) is 15.9 Å². The zero-order valence-corrected chi connectivity index (χ0v) is 16.9. The Hall–Kier alpha value is -1.35. The van der Waals surface area contributed by atoms with Crippen LogP contribution in [0.15, 0.2) is 29.2 Å². The number of carbonyl (C=O) groups is 1. The third-order valence-electron chi connectivity index (χ3n) is 4.26. The van der Waals surface area contributed by atoms with Crippen LogP contribution in [0, 0.1) is 0 Å². The molecule has 148 valence electrons. The normalized spacial score (nSPS) is 17.5. The molecule has 0 spiro atoms. The van der Waals surface area contributed by atoms with E-state index in [9.17, 15) is 13.2 Å². The third-order valence-corrected chi connectivity index (χ3v) is 5.74. The van der Waals surface area contributed by atoms with Crippen molar-refractivity contribution in [3.63, 3.8) is 0 Å². The lowest BCUT2D eigenvalue weighted by Crippen LogP contribution is -2.47. The summed E-state index contributed by atoms with van der Waals surface area (Å²) in [4.78, 5) is 14.2. The van der Waals surface area contributed by atoms with Crippen molar-refractivity contribution in [2.75, 3.05) is 33.3 Å². The van der Waals surface area contributed by atoms with Gasteiger partial charge in [0.15, 0.2) is 0 Å². The van der Waals surface area contributed by atoms with Gasteiger partial charge in [-0.15, -0.1) is 12.4 Å². The second-order valence-corrected chi connectivity index (χ2v) is 7.79. The fraction of sp³-hybridized carbons (Fsp3) is 0.588. The minimum Gasteiger partial charge on any atom is -0.494 e. The van der Waals surface area contributed by atoms with Crippen LogP contribution in [-0.4, -0.2) is 58.6 Å². The first kappa shape index (κ1) is 22.7. The van der Waals surface area contributed by atoms with Crippen LogP contribution >= 0.6 is 12.4 Å². The Kier molecular flexibility index (Phi) is 9.35. The number of likely N-dealkylation sites (N-methyl/N-ethyl adjacent to an activating group) is 1. The van der Waals surface area contributed by atoms with Crippen molar-refractivity contribution >= 4 is 28.3 Å². The van der Waals surface area contributed by atoms with Crippen molar-refractivity contribution in [2.24, 2.45) is 0 Å². The summed E-state index contributed by atoms with van der Waals surface area (Å²) in [5, 5.41) is 3.19. The quantitative estimate of drug-likeness (QED) is 0.682. The van der Waals surface area contributed by atoms with E-state index < -0.39 is 10.0 Å². The molecule has 0 radical (unpaired) electrons. The van der Waals surface area contributed by atoms with Crippen LogP contribution in [-0.2, 0) is 14.8 Å². The Balaban J connectivity index is 0.00000338. The number of hydrogen-bond donors (Lipinski definition) is 2. The highest BCUT2D eigenvalue weighted by Gasteiger charge is 2.22. The molecule has 0 bridgehead atoms. The number of nitrogens with one attached hydrogen (secondary N) is 2. The van der Waals surface area contributed by atoms with Gasteiger partial charge in [-0.05, 0) is 51.1 Å². The lowest BCUT2D eigenvalue weighted by Gasteiger charge is -2.32. The maximum atomic E-state index is 12.3. The predicted molar refractivity (Wildman–Crippen MR) is 103 cm³/mol. The van der Waals surface area contributed by atoms with Gasteiger partial charge >= 0.3 is 0 Å². The number of amides is 1. The van der Waals surface area contributed by atoms with Crippen molar-refractivity contribution in [2.45, 2.75) is 37.1 Å². The molecule has 1 amide bonds. The number of rotatable bonds is 8. The highest BCUT2D eigenvalue weighted by Crippen LogP contribution is 2.16. The number of benzene rings is 1. The van der Waals surface area contributed by atoms with Crippen molar-refractivity contribution < 1.29 is 17.9 Å². The van der Waals surface area contributed by atoms with Crippen molar-refractivity contribution in [3.8, 4) is 5.75 Å². The molecule has 1 aromatic rings. The van der Waals surface area contributed by atoms with E-state index in [1.54, 1.807) is 17.0 Å². The topological polar surface area (TPSA) is 87.7 Å². The molecule has 7 nitrogen and oxygen atoms in total. The smallest absolute Gasteiger partial charge is 0.240 e. The first-order valence-corrected chi connectivity index (χ1v) is 10.1. The van der Waals surface area contributed by atoms with E-state index in [2.05, 4.69) is 10.0 Å². The summed E-state index contributed by atoms with van der Waals surface area (Å²) < 4.78 is 32.3. The summed E-state index contributed by atoms with van der Waals surface area (Å²) in [7, 11) is -1.73. The van der Waals surface area contributed by atoms with Gasteiger partial charge in [-0.2, -0.15) is 0 Å². The Morgan fingerprint density at radius 1 is 1.31 bits per heavy atom. The first-order chi connectivity index (χ1) is 12.0. The Morgan fingerprint density at radius 2 is 2.00 bits per heavy atom. The van der Waals surface area contributed by atoms with Crippen LogP contribution in [0.3, 0.4) is 0 Å². The molecule has 1 aliphatic heterocycles. The minimum atomic E-state index is -3.62. The molecule has 1 atom stereocenters. The molecule has 1 saturated heterocycles. The van der Waals surface area contributed by atoms with Gasteiger partial charge in [-0.25, -0.2) is 13.1 Å². The van der Waals surface area contributed by atoms with Crippen molar-refractivity contribution in [3.05, 3.63) is 24.3 Å². The van der Waals surface area contributed by atoms with Gasteiger partial charge in [-0.3, -0.25) is 4.79 Å². The Bertz CT molecular complexity index is 667. The summed E-state index contributed by atoms with van der Waals surface area (Å²) in [6.45, 7) is 3.90. The van der Waals surface area contributed by atoms with E-state index in [1.807, 2.05) is 14.0 Å². The zero-order chi connectivity index (χ0) is 18.3. The van der Waals surface area contributed by atoms with E-state index in [4.69, 9.17) is 4.74 Å². The third kappa shape index (κ3) is 6.42. The fourth-order valence-corrected chi connectivity index (χ4v) is 3.89. The van der Waals surface area contributed by atoms with Crippen molar-refractivity contribution in [1.82, 2.24) is 14.9 Å². The molecule has 2 rings (SSSR count). The largest absolute Gasteiger partial charge is 0.494 e. The predicted octanol–water partition coefficient (Wildman–Crippen LogP) is 1.39. The van der Waals surface area contributed by atoms with E-state index in [0.717, 1.165) is 19.4 Å². The van der Waals surface area contributed by atoms with Crippen LogP contribution in [0.1, 0.15) is 26.2 Å². The van der Waals surface area contributed by atoms with Crippen LogP contribution in [0.5, 0.6) is 5.75 Å². The zero-order valence-electron chi connectivity index (χ0n) is 15.2. The van der Waals surface area contributed by atoms with E-state index in [1.165, 1.54) is 12.1 Å². The average molecular weight is 406 g/mol. The maximum Gasteiger partial charge on any atom is 0.240 e. The van der Waals surface area contributed by atoms with Crippen molar-refractivity contribution in [1.29, 1.82) is 0 Å². The van der Waals surface area contributed by atoms with Gasteiger partial charge in [0.1, 0.15) is 5.75 Å². The van der Waals surface area contributed by atoms with Crippen LogP contribution in [0.25, 0.3) is 0 Å². The van der Waals surface area contributed by atoms with Crippen LogP contribution in [0.4, 0.5) is 0 Å². The molecule has 2 N–H and O–H groups in total. The summed E-state index contributed by atoms with van der Waals surface area (Å²) >= 11 is 0. The summed E-state index contributed by atoms with van der Waals surface area (Å²) in [5.41, 5.74) is 0. The Labute approximate surface area is 161 Å². The first-order valence-electron chi connectivity index (χ1n) is 8.64. The lowest BCUT2D eigenvalue weighted by atomic mass is 10.1. The van der Waals surface area contributed by atoms with Crippen LogP contribution in [0.2, 0.25) is 0 Å². The summed E-state index contributed by atoms with van der Waals surface area (Å²) in [6, 6.07) is 6.55. The van der Waals surface area contributed by atoms with E-state index in [-0.39, 0.29) is 36.2 Å². The maximum absolute atomic E-state index is 12.3. The second kappa shape index (κ2) is 10.7. The summed E-state index contributed by atoms with van der Waals surface area (Å²) in [5.74, 6) is 0.607.